The average Bonchev–Trinajstić information content (AvgIpc) is 3.11. The highest BCUT2D eigenvalue weighted by atomic mass is 32.2. The van der Waals surface area contributed by atoms with Crippen LogP contribution in [0.2, 0.25) is 0 Å². The summed E-state index contributed by atoms with van der Waals surface area (Å²) in [5, 5.41) is 13.3. The molecule has 0 spiro atoms. The van der Waals surface area contributed by atoms with Crippen molar-refractivity contribution in [1.29, 1.82) is 0 Å². The number of carbonyl (C=O) groups is 1. The molecule has 0 aliphatic carbocycles. The molecular formula is C22H26N2O6S. The molecule has 0 saturated carbocycles. The van der Waals surface area contributed by atoms with Crippen LogP contribution in [-0.4, -0.2) is 50.1 Å². The van der Waals surface area contributed by atoms with Gasteiger partial charge in [-0.05, 0) is 48.4 Å². The predicted octanol–water partition coefficient (Wildman–Crippen LogP) is 3.12. The number of fused-ring (bicyclic) bond motifs is 1. The van der Waals surface area contributed by atoms with E-state index in [1.54, 1.807) is 12.1 Å². The Kier molecular flexibility index (Phi) is 7.19. The molecule has 1 aromatic heterocycles. The normalized spacial score (nSPS) is 12.6. The number of aliphatic carboxylic acids is 1. The zero-order valence-corrected chi connectivity index (χ0v) is 18.3. The average molecular weight is 447 g/mol. The Morgan fingerprint density at radius 1 is 1.16 bits per heavy atom. The van der Waals surface area contributed by atoms with Crippen molar-refractivity contribution < 1.29 is 27.2 Å². The molecule has 0 saturated heterocycles. The second-order valence-corrected chi connectivity index (χ2v) is 8.84. The van der Waals surface area contributed by atoms with Gasteiger partial charge in [0.2, 0.25) is 0 Å². The van der Waals surface area contributed by atoms with E-state index in [9.17, 15) is 13.2 Å². The van der Waals surface area contributed by atoms with Crippen molar-refractivity contribution in [2.45, 2.75) is 25.5 Å². The molecule has 0 aliphatic rings. The van der Waals surface area contributed by atoms with Gasteiger partial charge in [0.05, 0.1) is 6.26 Å². The Morgan fingerprint density at radius 3 is 2.55 bits per heavy atom. The van der Waals surface area contributed by atoms with Gasteiger partial charge < -0.3 is 23.9 Å². The van der Waals surface area contributed by atoms with Crippen LogP contribution in [0.5, 0.6) is 5.75 Å². The van der Waals surface area contributed by atoms with Crippen LogP contribution in [0.15, 0.2) is 54.7 Å². The van der Waals surface area contributed by atoms with Gasteiger partial charge in [0.25, 0.3) is 0 Å². The van der Waals surface area contributed by atoms with Gasteiger partial charge in [-0.1, -0.05) is 12.1 Å². The zero-order valence-electron chi connectivity index (χ0n) is 17.4. The molecule has 1 heterocycles. The van der Waals surface area contributed by atoms with Crippen molar-refractivity contribution in [2.75, 3.05) is 25.2 Å². The number of anilines is 1. The van der Waals surface area contributed by atoms with E-state index in [1.165, 1.54) is 7.11 Å². The van der Waals surface area contributed by atoms with Crippen LogP contribution >= 0.6 is 0 Å². The summed E-state index contributed by atoms with van der Waals surface area (Å²) in [5.41, 5.74) is 2.88. The van der Waals surface area contributed by atoms with Gasteiger partial charge in [0.15, 0.2) is 6.10 Å². The molecule has 0 amide bonds. The second-order valence-electron chi connectivity index (χ2n) is 7.26. The third-order valence-corrected chi connectivity index (χ3v) is 5.33. The number of ether oxygens (including phenoxy) is 1. The van der Waals surface area contributed by atoms with Gasteiger partial charge >= 0.3 is 16.1 Å². The number of methoxy groups -OCH3 is 1. The fraction of sp³-hybridized carbons (Fsp3) is 0.318. The maximum atomic E-state index is 11.3. The number of hydrogen-bond donors (Lipinski definition) is 2. The Bertz CT molecular complexity index is 1140. The lowest BCUT2D eigenvalue weighted by Gasteiger charge is -2.12. The fourth-order valence-corrected chi connectivity index (χ4v) is 3.78. The number of carboxylic acid groups (broad SMARTS) is 1. The first kappa shape index (κ1) is 22.6. The van der Waals surface area contributed by atoms with Crippen molar-refractivity contribution in [3.63, 3.8) is 0 Å². The molecule has 0 aliphatic heterocycles. The molecule has 2 N–H and O–H groups in total. The highest BCUT2D eigenvalue weighted by Gasteiger charge is 2.16. The largest absolute Gasteiger partial charge is 0.479 e. The highest BCUT2D eigenvalue weighted by molar-refractivity contribution is 7.86. The van der Waals surface area contributed by atoms with Crippen molar-refractivity contribution in [3.8, 4) is 5.75 Å². The summed E-state index contributed by atoms with van der Waals surface area (Å²) in [7, 11) is -2.15. The number of aryl methyl sites for hydroxylation is 1. The summed E-state index contributed by atoms with van der Waals surface area (Å²) in [6.45, 7) is 1.57. The SMILES string of the molecule is COC(Cc1ccc(NCCCn2ccc3cc(OS(C)(=O)=O)ccc32)cc1)C(=O)O. The lowest BCUT2D eigenvalue weighted by molar-refractivity contribution is -0.148. The number of nitrogens with zero attached hydrogens (tertiary/aromatic N) is 1. The number of aromatic nitrogens is 1. The topological polar surface area (TPSA) is 107 Å². The van der Waals surface area contributed by atoms with E-state index in [0.29, 0.717) is 12.2 Å². The van der Waals surface area contributed by atoms with Gasteiger partial charge in [-0.25, -0.2) is 4.79 Å². The number of benzene rings is 2. The molecular weight excluding hydrogens is 420 g/mol. The molecule has 166 valence electrons. The third kappa shape index (κ3) is 6.47. The van der Waals surface area contributed by atoms with E-state index in [-0.39, 0.29) is 0 Å². The summed E-state index contributed by atoms with van der Waals surface area (Å²) >= 11 is 0. The molecule has 1 atom stereocenters. The van der Waals surface area contributed by atoms with E-state index >= 15 is 0 Å². The molecule has 0 radical (unpaired) electrons. The van der Waals surface area contributed by atoms with Crippen LogP contribution < -0.4 is 9.50 Å². The van der Waals surface area contributed by atoms with Crippen molar-refractivity contribution in [3.05, 3.63) is 60.3 Å². The van der Waals surface area contributed by atoms with E-state index in [4.69, 9.17) is 14.0 Å². The quantitative estimate of drug-likeness (QED) is 0.344. The molecule has 1 unspecified atom stereocenters. The van der Waals surface area contributed by atoms with E-state index < -0.39 is 22.2 Å². The monoisotopic (exact) mass is 446 g/mol. The summed E-state index contributed by atoms with van der Waals surface area (Å²) in [5.74, 6) is -0.667. The second kappa shape index (κ2) is 9.84. The number of carboxylic acids is 1. The van der Waals surface area contributed by atoms with Gasteiger partial charge in [-0.15, -0.1) is 0 Å². The smallest absolute Gasteiger partial charge is 0.333 e. The number of rotatable bonds is 11. The van der Waals surface area contributed by atoms with Crippen LogP contribution in [0.4, 0.5) is 5.69 Å². The maximum Gasteiger partial charge on any atom is 0.333 e. The molecule has 31 heavy (non-hydrogen) atoms. The number of nitrogens with one attached hydrogen (secondary N) is 1. The Morgan fingerprint density at radius 2 is 1.90 bits per heavy atom. The molecule has 2 aromatic carbocycles. The first-order valence-corrected chi connectivity index (χ1v) is 11.6. The lowest BCUT2D eigenvalue weighted by atomic mass is 10.1. The van der Waals surface area contributed by atoms with Crippen LogP contribution in [0.3, 0.4) is 0 Å². The zero-order chi connectivity index (χ0) is 22.4. The summed E-state index contributed by atoms with van der Waals surface area (Å²) in [4.78, 5) is 11.1. The summed E-state index contributed by atoms with van der Waals surface area (Å²) < 4.78 is 34.6. The lowest BCUT2D eigenvalue weighted by Crippen LogP contribution is -2.24. The van der Waals surface area contributed by atoms with E-state index in [0.717, 1.165) is 47.9 Å². The van der Waals surface area contributed by atoms with Crippen molar-refractivity contribution in [1.82, 2.24) is 4.57 Å². The molecule has 0 fully saturated rings. The summed E-state index contributed by atoms with van der Waals surface area (Å²) in [6, 6.07) is 14.8. The van der Waals surface area contributed by atoms with Crippen LogP contribution in [0.1, 0.15) is 12.0 Å². The maximum absolute atomic E-state index is 11.3. The van der Waals surface area contributed by atoms with Crippen LogP contribution in [-0.2, 0) is 32.6 Å². The van der Waals surface area contributed by atoms with Gasteiger partial charge in [0.1, 0.15) is 5.75 Å². The predicted molar refractivity (Wildman–Crippen MR) is 119 cm³/mol. The van der Waals surface area contributed by atoms with Crippen molar-refractivity contribution in [2.24, 2.45) is 0 Å². The van der Waals surface area contributed by atoms with Crippen molar-refractivity contribution >= 4 is 32.7 Å². The fourth-order valence-electron chi connectivity index (χ4n) is 3.33. The molecule has 3 rings (SSSR count). The third-order valence-electron chi connectivity index (χ3n) is 4.83. The first-order chi connectivity index (χ1) is 14.7. The Labute approximate surface area is 181 Å². The van der Waals surface area contributed by atoms with Crippen LogP contribution in [0.25, 0.3) is 10.9 Å². The Hall–Kier alpha value is -3.04. The minimum Gasteiger partial charge on any atom is -0.479 e. The number of hydrogen-bond acceptors (Lipinski definition) is 6. The summed E-state index contributed by atoms with van der Waals surface area (Å²) in [6.07, 6.45) is 3.36. The van der Waals surface area contributed by atoms with E-state index in [1.807, 2.05) is 42.6 Å². The highest BCUT2D eigenvalue weighted by Crippen LogP contribution is 2.23. The minimum absolute atomic E-state index is 0.304. The minimum atomic E-state index is -3.54. The van der Waals surface area contributed by atoms with Gasteiger partial charge in [-0.2, -0.15) is 8.42 Å². The first-order valence-electron chi connectivity index (χ1n) is 9.82. The van der Waals surface area contributed by atoms with Gasteiger partial charge in [-0.3, -0.25) is 0 Å². The van der Waals surface area contributed by atoms with E-state index in [2.05, 4.69) is 9.88 Å². The molecule has 9 heteroatoms. The van der Waals surface area contributed by atoms with Gasteiger partial charge in [0, 0.05) is 49.4 Å². The molecule has 3 aromatic rings. The molecule has 8 nitrogen and oxygen atoms in total. The Balaban J connectivity index is 1.50. The van der Waals surface area contributed by atoms with Crippen LogP contribution in [0, 0.1) is 0 Å². The standard InChI is InChI=1S/C22H26N2O6S/c1-29-21(22(25)26)14-16-4-6-18(7-5-16)23-11-3-12-24-13-10-17-15-19(8-9-20(17)24)30-31(2,27)28/h4-10,13,15,21,23H,3,11-12,14H2,1-2H3,(H,25,26). The molecule has 0 bridgehead atoms.